The van der Waals surface area contributed by atoms with Gasteiger partial charge in [-0.25, -0.2) is 4.79 Å². The number of nitrogens with zero attached hydrogens (tertiary/aromatic N) is 3. The maximum Gasteiger partial charge on any atom is 0.356 e. The lowest BCUT2D eigenvalue weighted by atomic mass is 10.2. The van der Waals surface area contributed by atoms with Crippen molar-refractivity contribution in [1.29, 1.82) is 0 Å². The predicted octanol–water partition coefficient (Wildman–Crippen LogP) is -0.422. The largest absolute Gasteiger partial charge is 0.461 e. The molecule has 1 aromatic carbocycles. The SMILES string of the molecule is COCCOc1nc(N)c2[nH]c(=O)n(Cc3cccc(P(=O)(O)O)c3)c2n1. The van der Waals surface area contributed by atoms with Gasteiger partial charge in [0.2, 0.25) is 0 Å². The number of hydrogen-bond donors (Lipinski definition) is 4. The summed E-state index contributed by atoms with van der Waals surface area (Å²) in [5.41, 5.74) is 6.38. The first-order valence-electron chi connectivity index (χ1n) is 7.82. The summed E-state index contributed by atoms with van der Waals surface area (Å²) in [6, 6.07) is 5.81. The highest BCUT2D eigenvalue weighted by Crippen LogP contribution is 2.33. The average molecular weight is 395 g/mol. The second-order valence-electron chi connectivity index (χ2n) is 5.66. The van der Waals surface area contributed by atoms with Crippen LogP contribution < -0.4 is 21.5 Å². The van der Waals surface area contributed by atoms with Gasteiger partial charge in [0.25, 0.3) is 0 Å². The van der Waals surface area contributed by atoms with Crippen LogP contribution in [0.25, 0.3) is 11.2 Å². The van der Waals surface area contributed by atoms with Crippen molar-refractivity contribution in [1.82, 2.24) is 19.5 Å². The molecule has 144 valence electrons. The van der Waals surface area contributed by atoms with Gasteiger partial charge in [-0.15, -0.1) is 0 Å². The molecule has 0 fully saturated rings. The van der Waals surface area contributed by atoms with Gasteiger partial charge in [0, 0.05) is 7.11 Å². The molecule has 0 saturated heterocycles. The van der Waals surface area contributed by atoms with Gasteiger partial charge in [0.1, 0.15) is 12.1 Å². The molecule has 11 nitrogen and oxygen atoms in total. The summed E-state index contributed by atoms with van der Waals surface area (Å²) in [5.74, 6) is 0.0484. The zero-order valence-corrected chi connectivity index (χ0v) is 15.2. The Hall–Kier alpha value is -2.72. The maximum atomic E-state index is 12.3. The molecular weight excluding hydrogens is 377 g/mol. The predicted molar refractivity (Wildman–Crippen MR) is 97.2 cm³/mol. The highest BCUT2D eigenvalue weighted by Gasteiger charge is 2.18. The molecule has 0 atom stereocenters. The number of ether oxygens (including phenoxy) is 2. The van der Waals surface area contributed by atoms with Crippen LogP contribution in [0.3, 0.4) is 0 Å². The molecule has 2 aromatic heterocycles. The molecular formula is C15H18N5O6P. The summed E-state index contributed by atoms with van der Waals surface area (Å²) in [6.45, 7) is 0.567. The number of anilines is 1. The number of nitrogens with one attached hydrogen (secondary N) is 1. The van der Waals surface area contributed by atoms with Gasteiger partial charge in [0.15, 0.2) is 11.5 Å². The van der Waals surface area contributed by atoms with Crippen molar-refractivity contribution in [3.63, 3.8) is 0 Å². The molecule has 0 aliphatic carbocycles. The van der Waals surface area contributed by atoms with Crippen molar-refractivity contribution in [3.05, 3.63) is 40.3 Å². The summed E-state index contributed by atoms with van der Waals surface area (Å²) < 4.78 is 23.0. The van der Waals surface area contributed by atoms with Crippen LogP contribution in [0, 0.1) is 0 Å². The van der Waals surface area contributed by atoms with E-state index >= 15 is 0 Å². The number of imidazole rings is 1. The molecule has 0 amide bonds. The molecule has 3 rings (SSSR count). The Morgan fingerprint density at radius 2 is 2.07 bits per heavy atom. The molecule has 0 aliphatic heterocycles. The van der Waals surface area contributed by atoms with E-state index in [-0.39, 0.29) is 41.4 Å². The fourth-order valence-electron chi connectivity index (χ4n) is 2.48. The number of aromatic nitrogens is 4. The summed E-state index contributed by atoms with van der Waals surface area (Å²) in [5, 5.41) is -0.134. The van der Waals surface area contributed by atoms with E-state index < -0.39 is 13.3 Å². The fraction of sp³-hybridized carbons (Fsp3) is 0.267. The number of rotatable bonds is 7. The minimum absolute atomic E-state index is 0.00577. The van der Waals surface area contributed by atoms with E-state index in [2.05, 4.69) is 15.0 Å². The molecule has 0 unspecified atom stereocenters. The Bertz CT molecular complexity index is 1070. The van der Waals surface area contributed by atoms with E-state index in [0.717, 1.165) is 0 Å². The Morgan fingerprint density at radius 3 is 2.78 bits per heavy atom. The number of nitrogen functional groups attached to an aromatic ring is 1. The van der Waals surface area contributed by atoms with Crippen molar-refractivity contribution in [2.24, 2.45) is 0 Å². The first-order valence-corrected chi connectivity index (χ1v) is 9.43. The summed E-state index contributed by atoms with van der Waals surface area (Å²) >= 11 is 0. The Labute approximate surface area is 152 Å². The highest BCUT2D eigenvalue weighted by atomic mass is 31.2. The van der Waals surface area contributed by atoms with Crippen LogP contribution in [0.5, 0.6) is 6.01 Å². The lowest BCUT2D eigenvalue weighted by Gasteiger charge is -2.08. The van der Waals surface area contributed by atoms with E-state index in [1.807, 2.05) is 0 Å². The van der Waals surface area contributed by atoms with Crippen LogP contribution in [-0.2, 0) is 15.8 Å². The van der Waals surface area contributed by atoms with E-state index in [1.165, 1.54) is 29.9 Å². The van der Waals surface area contributed by atoms with Crippen LogP contribution in [-0.4, -0.2) is 49.6 Å². The van der Waals surface area contributed by atoms with E-state index in [4.69, 9.17) is 15.2 Å². The molecule has 0 spiro atoms. The van der Waals surface area contributed by atoms with Crippen molar-refractivity contribution in [2.45, 2.75) is 6.54 Å². The van der Waals surface area contributed by atoms with Gasteiger partial charge in [-0.05, 0) is 17.7 Å². The second-order valence-corrected chi connectivity index (χ2v) is 7.27. The van der Waals surface area contributed by atoms with Crippen LogP contribution in [0.15, 0.2) is 29.1 Å². The first-order chi connectivity index (χ1) is 12.8. The Morgan fingerprint density at radius 1 is 1.30 bits per heavy atom. The second kappa shape index (κ2) is 7.49. The van der Waals surface area contributed by atoms with Gasteiger partial charge in [0.05, 0.1) is 18.5 Å². The summed E-state index contributed by atoms with van der Waals surface area (Å²) in [7, 11) is -2.87. The van der Waals surface area contributed by atoms with Gasteiger partial charge >= 0.3 is 19.3 Å². The van der Waals surface area contributed by atoms with Crippen LogP contribution in [0.2, 0.25) is 0 Å². The maximum absolute atomic E-state index is 12.3. The number of methoxy groups -OCH3 is 1. The molecule has 0 bridgehead atoms. The number of aromatic amines is 1. The standard InChI is InChI=1S/C15H18N5O6P/c1-25-5-6-26-14-18-12(16)11-13(19-14)20(15(21)17-11)8-9-3-2-4-10(7-9)27(22,23)24/h2-4,7H,5-6,8H2,1H3,(H,17,21)(H2,16,18,19)(H2,22,23,24). The van der Waals surface area contributed by atoms with Crippen molar-refractivity contribution < 1.29 is 23.8 Å². The van der Waals surface area contributed by atoms with E-state index in [1.54, 1.807) is 6.07 Å². The lowest BCUT2D eigenvalue weighted by molar-refractivity contribution is 0.141. The highest BCUT2D eigenvalue weighted by molar-refractivity contribution is 7.60. The molecule has 2 heterocycles. The number of nitrogens with two attached hydrogens (primary N) is 1. The molecule has 0 saturated carbocycles. The molecule has 3 aromatic rings. The minimum Gasteiger partial charge on any atom is -0.461 e. The molecule has 5 N–H and O–H groups in total. The van der Waals surface area contributed by atoms with Gasteiger partial charge in [-0.2, -0.15) is 9.97 Å². The third-order valence-corrected chi connectivity index (χ3v) is 4.69. The molecule has 27 heavy (non-hydrogen) atoms. The van der Waals surface area contributed by atoms with Crippen LogP contribution >= 0.6 is 7.60 Å². The van der Waals surface area contributed by atoms with Crippen molar-refractivity contribution >= 4 is 29.9 Å². The Balaban J connectivity index is 2.00. The van der Waals surface area contributed by atoms with Crippen molar-refractivity contribution in [3.8, 4) is 6.01 Å². The van der Waals surface area contributed by atoms with Crippen LogP contribution in [0.4, 0.5) is 5.82 Å². The summed E-state index contributed by atoms with van der Waals surface area (Å²) in [4.78, 5) is 41.7. The fourth-order valence-corrected chi connectivity index (χ4v) is 3.09. The van der Waals surface area contributed by atoms with Gasteiger partial charge in [-0.1, -0.05) is 12.1 Å². The number of hydrogen-bond acceptors (Lipinski definition) is 7. The molecule has 12 heteroatoms. The van der Waals surface area contributed by atoms with E-state index in [9.17, 15) is 19.1 Å². The van der Waals surface area contributed by atoms with E-state index in [0.29, 0.717) is 12.2 Å². The summed E-state index contributed by atoms with van der Waals surface area (Å²) in [6.07, 6.45) is 0. The average Bonchev–Trinajstić information content (AvgIpc) is 2.91. The van der Waals surface area contributed by atoms with Gasteiger partial charge in [-0.3, -0.25) is 9.13 Å². The third-order valence-electron chi connectivity index (χ3n) is 3.74. The number of H-pyrrole nitrogens is 1. The third kappa shape index (κ3) is 4.17. The van der Waals surface area contributed by atoms with Crippen molar-refractivity contribution in [2.75, 3.05) is 26.1 Å². The minimum atomic E-state index is -4.40. The monoisotopic (exact) mass is 395 g/mol. The normalized spacial score (nSPS) is 11.8. The lowest BCUT2D eigenvalue weighted by Crippen LogP contribution is -2.18. The van der Waals surface area contributed by atoms with Gasteiger partial charge < -0.3 is 30.0 Å². The molecule has 0 radical (unpaired) electrons. The number of benzene rings is 1. The topological polar surface area (TPSA) is 166 Å². The zero-order valence-electron chi connectivity index (χ0n) is 14.3. The quantitative estimate of drug-likeness (QED) is 0.307. The van der Waals surface area contributed by atoms with Crippen LogP contribution in [0.1, 0.15) is 5.56 Å². The zero-order chi connectivity index (χ0) is 19.6. The smallest absolute Gasteiger partial charge is 0.356 e. The number of fused-ring (bicyclic) bond motifs is 1. The Kier molecular flexibility index (Phi) is 5.29. The molecule has 0 aliphatic rings. The first kappa shape index (κ1) is 19.1.